The summed E-state index contributed by atoms with van der Waals surface area (Å²) in [6.45, 7) is 2.63. The zero-order chi connectivity index (χ0) is 16.1. The number of benzene rings is 2. The smallest absolute Gasteiger partial charge is 0.247 e. The van der Waals surface area contributed by atoms with Crippen molar-refractivity contribution in [2.75, 3.05) is 7.11 Å². The Kier molecular flexibility index (Phi) is 4.68. The number of nitrogens with zero attached hydrogens (tertiary/aromatic N) is 2. The molecule has 0 aliphatic heterocycles. The lowest BCUT2D eigenvalue weighted by atomic mass is 10.1. The minimum Gasteiger partial charge on any atom is -0.497 e. The van der Waals surface area contributed by atoms with E-state index in [9.17, 15) is 0 Å². The average molecular weight is 309 g/mol. The minimum atomic E-state index is 0.215. The maximum absolute atomic E-state index is 5.70. The molecule has 5 heteroatoms. The first-order valence-electron chi connectivity index (χ1n) is 7.51. The summed E-state index contributed by atoms with van der Waals surface area (Å²) in [7, 11) is 1.64. The number of ether oxygens (including phenoxy) is 1. The van der Waals surface area contributed by atoms with Crippen LogP contribution in [-0.2, 0) is 6.54 Å². The van der Waals surface area contributed by atoms with Crippen LogP contribution in [0.1, 0.15) is 24.4 Å². The molecule has 0 aliphatic rings. The van der Waals surface area contributed by atoms with E-state index in [1.54, 1.807) is 7.11 Å². The third kappa shape index (κ3) is 3.76. The van der Waals surface area contributed by atoms with Gasteiger partial charge in [0.15, 0.2) is 0 Å². The van der Waals surface area contributed by atoms with Gasteiger partial charge in [-0.3, -0.25) is 0 Å². The fourth-order valence-electron chi connectivity index (χ4n) is 2.28. The summed E-state index contributed by atoms with van der Waals surface area (Å²) in [5, 5.41) is 11.6. The van der Waals surface area contributed by atoms with Crippen LogP contribution in [0.25, 0.3) is 11.5 Å². The summed E-state index contributed by atoms with van der Waals surface area (Å²) < 4.78 is 10.8. The highest BCUT2D eigenvalue weighted by Crippen LogP contribution is 2.21. The van der Waals surface area contributed by atoms with E-state index >= 15 is 0 Å². The van der Waals surface area contributed by atoms with E-state index in [-0.39, 0.29) is 6.04 Å². The molecular formula is C18H19N3O2. The van der Waals surface area contributed by atoms with E-state index in [1.807, 2.05) is 42.5 Å². The van der Waals surface area contributed by atoms with E-state index < -0.39 is 0 Å². The Morgan fingerprint density at radius 2 is 1.78 bits per heavy atom. The molecule has 0 fully saturated rings. The van der Waals surface area contributed by atoms with E-state index in [0.717, 1.165) is 11.3 Å². The number of rotatable bonds is 6. The number of hydrogen-bond donors (Lipinski definition) is 1. The molecule has 1 unspecified atom stereocenters. The lowest BCUT2D eigenvalue weighted by Crippen LogP contribution is -2.18. The van der Waals surface area contributed by atoms with Crippen LogP contribution < -0.4 is 10.1 Å². The van der Waals surface area contributed by atoms with E-state index in [1.165, 1.54) is 5.56 Å². The van der Waals surface area contributed by atoms with Crippen molar-refractivity contribution >= 4 is 0 Å². The van der Waals surface area contributed by atoms with Gasteiger partial charge in [0.1, 0.15) is 5.75 Å². The Hall–Kier alpha value is -2.66. The molecule has 1 N–H and O–H groups in total. The molecule has 0 bridgehead atoms. The molecule has 1 heterocycles. The van der Waals surface area contributed by atoms with Crippen molar-refractivity contribution in [3.05, 3.63) is 66.1 Å². The highest BCUT2D eigenvalue weighted by Gasteiger charge is 2.10. The van der Waals surface area contributed by atoms with Crippen molar-refractivity contribution in [3.8, 4) is 17.2 Å². The summed E-state index contributed by atoms with van der Waals surface area (Å²) in [5.74, 6) is 1.88. The number of methoxy groups -OCH3 is 1. The Morgan fingerprint density at radius 1 is 1.04 bits per heavy atom. The average Bonchev–Trinajstić information content (AvgIpc) is 3.09. The summed E-state index contributed by atoms with van der Waals surface area (Å²) in [6, 6.07) is 18.0. The second-order valence-electron chi connectivity index (χ2n) is 5.24. The molecule has 2 aromatic carbocycles. The molecule has 5 nitrogen and oxygen atoms in total. The van der Waals surface area contributed by atoms with Crippen LogP contribution in [0.2, 0.25) is 0 Å². The van der Waals surface area contributed by atoms with Gasteiger partial charge in [-0.25, -0.2) is 0 Å². The van der Waals surface area contributed by atoms with E-state index in [2.05, 4.69) is 34.6 Å². The lowest BCUT2D eigenvalue weighted by Gasteiger charge is -2.12. The van der Waals surface area contributed by atoms with Gasteiger partial charge >= 0.3 is 0 Å². The molecular weight excluding hydrogens is 290 g/mol. The molecule has 3 rings (SSSR count). The van der Waals surface area contributed by atoms with Crippen LogP contribution >= 0.6 is 0 Å². The lowest BCUT2D eigenvalue weighted by molar-refractivity contribution is 0.414. The molecule has 0 radical (unpaired) electrons. The summed E-state index contributed by atoms with van der Waals surface area (Å²) in [4.78, 5) is 0. The first-order valence-corrected chi connectivity index (χ1v) is 7.51. The van der Waals surface area contributed by atoms with Crippen molar-refractivity contribution < 1.29 is 9.15 Å². The predicted molar refractivity (Wildman–Crippen MR) is 88.0 cm³/mol. The molecule has 0 amide bonds. The molecule has 0 aliphatic carbocycles. The van der Waals surface area contributed by atoms with Crippen molar-refractivity contribution in [2.45, 2.75) is 19.5 Å². The van der Waals surface area contributed by atoms with Gasteiger partial charge in [0.05, 0.1) is 13.7 Å². The number of hydrogen-bond acceptors (Lipinski definition) is 5. The minimum absolute atomic E-state index is 0.215. The van der Waals surface area contributed by atoms with Crippen molar-refractivity contribution in [2.24, 2.45) is 0 Å². The summed E-state index contributed by atoms with van der Waals surface area (Å²) in [6.07, 6.45) is 0. The molecule has 1 atom stereocenters. The van der Waals surface area contributed by atoms with Gasteiger partial charge in [-0.2, -0.15) is 0 Å². The standard InChI is InChI=1S/C18H19N3O2/c1-13(14-6-4-3-5-7-14)19-12-17-20-21-18(23-17)15-8-10-16(22-2)11-9-15/h3-11,13,19H,12H2,1-2H3. The van der Waals surface area contributed by atoms with Crippen molar-refractivity contribution in [1.82, 2.24) is 15.5 Å². The number of aromatic nitrogens is 2. The van der Waals surface area contributed by atoms with Gasteiger partial charge < -0.3 is 14.5 Å². The first kappa shape index (κ1) is 15.2. The second kappa shape index (κ2) is 7.07. The van der Waals surface area contributed by atoms with Gasteiger partial charge in [0.2, 0.25) is 11.8 Å². The fraction of sp³-hybridized carbons (Fsp3) is 0.222. The molecule has 118 valence electrons. The zero-order valence-corrected chi connectivity index (χ0v) is 13.2. The Bertz CT molecular complexity index is 738. The van der Waals surface area contributed by atoms with Crippen molar-refractivity contribution in [1.29, 1.82) is 0 Å². The van der Waals surface area contributed by atoms with Gasteiger partial charge in [0, 0.05) is 11.6 Å². The van der Waals surface area contributed by atoms with Crippen LogP contribution in [0.5, 0.6) is 5.75 Å². The highest BCUT2D eigenvalue weighted by molar-refractivity contribution is 5.53. The molecule has 0 spiro atoms. The predicted octanol–water partition coefficient (Wildman–Crippen LogP) is 3.60. The third-order valence-electron chi connectivity index (χ3n) is 3.66. The Morgan fingerprint density at radius 3 is 2.48 bits per heavy atom. The largest absolute Gasteiger partial charge is 0.497 e. The normalized spacial score (nSPS) is 12.1. The van der Waals surface area contributed by atoms with Crippen LogP contribution in [0, 0.1) is 0 Å². The summed E-state index contributed by atoms with van der Waals surface area (Å²) >= 11 is 0. The van der Waals surface area contributed by atoms with Crippen LogP contribution in [0.4, 0.5) is 0 Å². The van der Waals surface area contributed by atoms with E-state index in [0.29, 0.717) is 18.3 Å². The molecule has 23 heavy (non-hydrogen) atoms. The topological polar surface area (TPSA) is 60.2 Å². The monoisotopic (exact) mass is 309 g/mol. The molecule has 3 aromatic rings. The number of nitrogens with one attached hydrogen (secondary N) is 1. The Balaban J connectivity index is 1.63. The van der Waals surface area contributed by atoms with Crippen LogP contribution in [-0.4, -0.2) is 17.3 Å². The van der Waals surface area contributed by atoms with Gasteiger partial charge in [-0.1, -0.05) is 30.3 Å². The first-order chi connectivity index (χ1) is 11.3. The van der Waals surface area contributed by atoms with Crippen LogP contribution in [0.3, 0.4) is 0 Å². The zero-order valence-electron chi connectivity index (χ0n) is 13.2. The molecule has 0 saturated heterocycles. The maximum Gasteiger partial charge on any atom is 0.247 e. The fourth-order valence-corrected chi connectivity index (χ4v) is 2.28. The Labute approximate surface area is 135 Å². The molecule has 1 aromatic heterocycles. The van der Waals surface area contributed by atoms with Gasteiger partial charge in [0.25, 0.3) is 0 Å². The summed E-state index contributed by atoms with van der Waals surface area (Å²) in [5.41, 5.74) is 2.10. The van der Waals surface area contributed by atoms with Crippen molar-refractivity contribution in [3.63, 3.8) is 0 Å². The third-order valence-corrected chi connectivity index (χ3v) is 3.66. The van der Waals surface area contributed by atoms with E-state index in [4.69, 9.17) is 9.15 Å². The quantitative estimate of drug-likeness (QED) is 0.754. The van der Waals surface area contributed by atoms with Crippen LogP contribution in [0.15, 0.2) is 59.0 Å². The van der Waals surface area contributed by atoms with Gasteiger partial charge in [-0.15, -0.1) is 10.2 Å². The highest BCUT2D eigenvalue weighted by atomic mass is 16.5. The maximum atomic E-state index is 5.70. The molecule has 0 saturated carbocycles. The SMILES string of the molecule is COc1ccc(-c2nnc(CNC(C)c3ccccc3)o2)cc1. The second-order valence-corrected chi connectivity index (χ2v) is 5.24. The van der Waals surface area contributed by atoms with Gasteiger partial charge in [-0.05, 0) is 36.8 Å².